The summed E-state index contributed by atoms with van der Waals surface area (Å²) in [6, 6.07) is 8.09. The number of nitrogens with one attached hydrogen (secondary N) is 1. The van der Waals surface area contributed by atoms with Crippen molar-refractivity contribution in [2.24, 2.45) is 0 Å². The van der Waals surface area contributed by atoms with Gasteiger partial charge >= 0.3 is 6.09 Å². The van der Waals surface area contributed by atoms with E-state index in [2.05, 4.69) is 26.3 Å². The maximum Gasteiger partial charge on any atom is 0.405 e. The molecular formula is C26H31N7O4. The van der Waals surface area contributed by atoms with Crippen LogP contribution in [0.1, 0.15) is 25.3 Å². The highest BCUT2D eigenvalue weighted by molar-refractivity contribution is 5.85. The van der Waals surface area contributed by atoms with Crippen LogP contribution in [0.25, 0.3) is 16.6 Å². The summed E-state index contributed by atoms with van der Waals surface area (Å²) in [5.74, 6) is 1.50. The molecule has 0 unspecified atom stereocenters. The van der Waals surface area contributed by atoms with Crippen molar-refractivity contribution in [3.8, 4) is 22.9 Å². The summed E-state index contributed by atoms with van der Waals surface area (Å²) in [6.07, 6.45) is 5.53. The number of nitriles is 1. The molecule has 0 atom stereocenters. The molecule has 2 aliphatic heterocycles. The molecule has 1 amide bonds. The molecule has 0 saturated carbocycles. The van der Waals surface area contributed by atoms with Crippen LogP contribution >= 0.6 is 0 Å². The van der Waals surface area contributed by atoms with E-state index in [1.807, 2.05) is 25.1 Å². The molecule has 3 aromatic rings. The molecule has 194 valence electrons. The van der Waals surface area contributed by atoms with Gasteiger partial charge in [-0.1, -0.05) is 0 Å². The Morgan fingerprint density at radius 2 is 2.03 bits per heavy atom. The van der Waals surface area contributed by atoms with Crippen molar-refractivity contribution < 1.29 is 19.4 Å². The number of piperidine rings is 1. The van der Waals surface area contributed by atoms with Crippen molar-refractivity contribution in [2.45, 2.75) is 25.3 Å². The Balaban J connectivity index is 1.34. The molecule has 0 aromatic carbocycles. The highest BCUT2D eigenvalue weighted by Crippen LogP contribution is 2.32. The minimum atomic E-state index is -0.985. The fourth-order valence-corrected chi connectivity index (χ4v) is 5.28. The minimum absolute atomic E-state index is 0.485. The summed E-state index contributed by atoms with van der Waals surface area (Å²) in [5.41, 5.74) is 2.40. The first kappa shape index (κ1) is 24.8. The number of morpholine rings is 1. The van der Waals surface area contributed by atoms with E-state index in [0.717, 1.165) is 30.0 Å². The molecular weight excluding hydrogens is 474 g/mol. The van der Waals surface area contributed by atoms with Gasteiger partial charge in [0.05, 0.1) is 48.8 Å². The number of amides is 1. The van der Waals surface area contributed by atoms with Gasteiger partial charge in [-0.15, -0.1) is 0 Å². The van der Waals surface area contributed by atoms with Crippen molar-refractivity contribution >= 4 is 17.4 Å². The van der Waals surface area contributed by atoms with Gasteiger partial charge in [0.15, 0.2) is 0 Å². The van der Waals surface area contributed by atoms with Crippen molar-refractivity contribution in [2.75, 3.05) is 57.4 Å². The van der Waals surface area contributed by atoms with E-state index < -0.39 is 11.6 Å². The number of pyridine rings is 2. The molecule has 3 aromatic heterocycles. The number of hydrogen-bond donors (Lipinski definition) is 2. The molecule has 2 aliphatic rings. The summed E-state index contributed by atoms with van der Waals surface area (Å²) in [4.78, 5) is 20.8. The summed E-state index contributed by atoms with van der Waals surface area (Å²) in [7, 11) is 0. The topological polar surface area (TPSA) is 128 Å². The van der Waals surface area contributed by atoms with Crippen LogP contribution in [0.4, 0.5) is 10.6 Å². The number of carbonyl (C=O) groups is 1. The normalized spacial score (nSPS) is 17.9. The van der Waals surface area contributed by atoms with Crippen LogP contribution in [0.15, 0.2) is 36.8 Å². The first-order valence-electron chi connectivity index (χ1n) is 12.6. The Labute approximate surface area is 215 Å². The van der Waals surface area contributed by atoms with Gasteiger partial charge < -0.3 is 24.8 Å². The average Bonchev–Trinajstić information content (AvgIpc) is 3.32. The zero-order chi connectivity index (χ0) is 25.8. The lowest BCUT2D eigenvalue weighted by molar-refractivity contribution is 0.0204. The number of nitrogens with zero attached hydrogens (tertiary/aromatic N) is 6. The SMILES string of the molecule is CCOc1cc(-c2ccc(N3CCC(CN4CCOCC4)(NC(=O)O)CC3)nc2)c2c(C#N)cnn2c1. The van der Waals surface area contributed by atoms with E-state index in [4.69, 9.17) is 14.5 Å². The molecule has 0 aliphatic carbocycles. The molecule has 2 saturated heterocycles. The third kappa shape index (κ3) is 5.30. The molecule has 0 radical (unpaired) electrons. The third-order valence-electron chi connectivity index (χ3n) is 7.12. The lowest BCUT2D eigenvalue weighted by atomic mass is 9.86. The lowest BCUT2D eigenvalue weighted by Gasteiger charge is -2.45. The molecule has 11 nitrogen and oxygen atoms in total. The maximum absolute atomic E-state index is 11.6. The third-order valence-corrected chi connectivity index (χ3v) is 7.12. The molecule has 2 N–H and O–H groups in total. The largest absolute Gasteiger partial charge is 0.492 e. The first-order valence-corrected chi connectivity index (χ1v) is 12.6. The predicted molar refractivity (Wildman–Crippen MR) is 137 cm³/mol. The number of rotatable bonds is 7. The number of carboxylic acid groups (broad SMARTS) is 1. The fraction of sp³-hybridized carbons (Fsp3) is 0.462. The van der Waals surface area contributed by atoms with Crippen LogP contribution in [0, 0.1) is 11.3 Å². The van der Waals surface area contributed by atoms with Crippen LogP contribution in [-0.4, -0.2) is 88.8 Å². The number of ether oxygens (including phenoxy) is 2. The highest BCUT2D eigenvalue weighted by atomic mass is 16.5. The zero-order valence-electron chi connectivity index (χ0n) is 20.9. The van der Waals surface area contributed by atoms with Gasteiger partial charge in [-0.3, -0.25) is 4.90 Å². The van der Waals surface area contributed by atoms with Gasteiger partial charge in [-0.05, 0) is 38.0 Å². The molecule has 5 rings (SSSR count). The summed E-state index contributed by atoms with van der Waals surface area (Å²) in [6.45, 7) is 7.51. The fourth-order valence-electron chi connectivity index (χ4n) is 5.28. The van der Waals surface area contributed by atoms with Gasteiger partial charge in [0.1, 0.15) is 17.6 Å². The number of aromatic nitrogens is 3. The first-order chi connectivity index (χ1) is 18.0. The van der Waals surface area contributed by atoms with Crippen molar-refractivity contribution in [1.29, 1.82) is 5.26 Å². The van der Waals surface area contributed by atoms with Gasteiger partial charge in [0.25, 0.3) is 0 Å². The summed E-state index contributed by atoms with van der Waals surface area (Å²) < 4.78 is 12.8. The Hall–Kier alpha value is -3.88. The van der Waals surface area contributed by atoms with Gasteiger partial charge in [0.2, 0.25) is 0 Å². The standard InChI is InChI=1S/C26H31N7O4/c1-2-37-21-13-22(24-20(14-27)16-29-33(24)17-21)19-3-4-23(28-15-19)32-7-5-26(6-8-32,30-25(34)35)18-31-9-11-36-12-10-31/h3-4,13,15-17,30H,2,5-12,18H2,1H3,(H,34,35). The van der Waals surface area contributed by atoms with Crippen LogP contribution in [-0.2, 0) is 4.74 Å². The molecule has 11 heteroatoms. The van der Waals surface area contributed by atoms with E-state index in [9.17, 15) is 15.2 Å². The Morgan fingerprint density at radius 1 is 1.24 bits per heavy atom. The molecule has 0 spiro atoms. The van der Waals surface area contributed by atoms with Crippen molar-refractivity contribution in [3.63, 3.8) is 0 Å². The van der Waals surface area contributed by atoms with E-state index in [-0.39, 0.29) is 0 Å². The van der Waals surface area contributed by atoms with Crippen LogP contribution in [0.3, 0.4) is 0 Å². The molecule has 2 fully saturated rings. The Bertz CT molecular complexity index is 1290. The van der Waals surface area contributed by atoms with Crippen molar-refractivity contribution in [3.05, 3.63) is 42.4 Å². The van der Waals surface area contributed by atoms with E-state index in [1.165, 1.54) is 0 Å². The van der Waals surface area contributed by atoms with Crippen LogP contribution < -0.4 is 15.0 Å². The molecule has 5 heterocycles. The molecule has 0 bridgehead atoms. The van der Waals surface area contributed by atoms with E-state index >= 15 is 0 Å². The van der Waals surface area contributed by atoms with Crippen LogP contribution in [0.2, 0.25) is 0 Å². The number of fused-ring (bicyclic) bond motifs is 1. The van der Waals surface area contributed by atoms with E-state index in [1.54, 1.807) is 23.1 Å². The summed E-state index contributed by atoms with van der Waals surface area (Å²) >= 11 is 0. The van der Waals surface area contributed by atoms with E-state index in [0.29, 0.717) is 69.1 Å². The van der Waals surface area contributed by atoms with Gasteiger partial charge in [0, 0.05) is 50.0 Å². The second kappa shape index (κ2) is 10.6. The maximum atomic E-state index is 11.6. The molecule has 37 heavy (non-hydrogen) atoms. The van der Waals surface area contributed by atoms with Crippen LogP contribution in [0.5, 0.6) is 5.75 Å². The lowest BCUT2D eigenvalue weighted by Crippen LogP contribution is -2.61. The second-order valence-corrected chi connectivity index (χ2v) is 9.48. The average molecular weight is 506 g/mol. The second-order valence-electron chi connectivity index (χ2n) is 9.48. The minimum Gasteiger partial charge on any atom is -0.492 e. The number of hydrogen-bond acceptors (Lipinski definition) is 8. The van der Waals surface area contributed by atoms with Gasteiger partial charge in [-0.2, -0.15) is 10.4 Å². The Kier molecular flexibility index (Phi) is 7.12. The Morgan fingerprint density at radius 3 is 2.68 bits per heavy atom. The van der Waals surface area contributed by atoms with Crippen molar-refractivity contribution in [1.82, 2.24) is 24.8 Å². The highest BCUT2D eigenvalue weighted by Gasteiger charge is 2.38. The zero-order valence-corrected chi connectivity index (χ0v) is 20.9. The monoisotopic (exact) mass is 505 g/mol. The quantitative estimate of drug-likeness (QED) is 0.498. The predicted octanol–water partition coefficient (Wildman–Crippen LogP) is 2.61. The smallest absolute Gasteiger partial charge is 0.405 e. The van der Waals surface area contributed by atoms with Gasteiger partial charge in [-0.25, -0.2) is 14.3 Å². The number of anilines is 1. The summed E-state index contributed by atoms with van der Waals surface area (Å²) in [5, 5.41) is 26.2.